The molecule has 1 heterocycles. The summed E-state index contributed by atoms with van der Waals surface area (Å²) < 4.78 is 46.0. The third-order valence-electron chi connectivity index (χ3n) is 5.72. The van der Waals surface area contributed by atoms with Gasteiger partial charge in [0.1, 0.15) is 5.75 Å². The van der Waals surface area contributed by atoms with Crippen molar-refractivity contribution in [2.24, 2.45) is 0 Å². The van der Waals surface area contributed by atoms with Gasteiger partial charge in [-0.25, -0.2) is 0 Å². The molecule has 1 unspecified atom stereocenters. The monoisotopic (exact) mass is 486 g/mol. The summed E-state index contributed by atoms with van der Waals surface area (Å²) in [4.78, 5) is 16.1. The molecule has 8 heteroatoms. The van der Waals surface area contributed by atoms with Crippen LogP contribution in [0.2, 0.25) is 5.02 Å². The molecule has 0 fully saturated rings. The number of fused-ring (bicyclic) bond motifs is 1. The molecule has 0 bridgehead atoms. The van der Waals surface area contributed by atoms with Crippen molar-refractivity contribution in [2.45, 2.75) is 25.1 Å². The van der Waals surface area contributed by atoms with Crippen molar-refractivity contribution < 1.29 is 22.7 Å². The van der Waals surface area contributed by atoms with Crippen molar-refractivity contribution >= 4 is 28.4 Å². The Balaban J connectivity index is 1.72. The molecule has 0 spiro atoms. The van der Waals surface area contributed by atoms with Crippen molar-refractivity contribution in [2.75, 3.05) is 7.11 Å². The highest BCUT2D eigenvalue weighted by Gasteiger charge is 2.34. The molecule has 0 aliphatic heterocycles. The number of halogens is 4. The number of benzene rings is 3. The van der Waals surface area contributed by atoms with E-state index in [-0.39, 0.29) is 17.4 Å². The van der Waals surface area contributed by atoms with Gasteiger partial charge in [0.15, 0.2) is 0 Å². The lowest BCUT2D eigenvalue weighted by molar-refractivity contribution is -0.137. The summed E-state index contributed by atoms with van der Waals surface area (Å²) >= 11 is 5.85. The number of rotatable bonds is 7. The number of aromatic nitrogens is 1. The Bertz CT molecular complexity index is 1300. The summed E-state index contributed by atoms with van der Waals surface area (Å²) in [7, 11) is 1.54. The second-order valence-corrected chi connectivity index (χ2v) is 8.32. The molecule has 1 atom stereocenters. The van der Waals surface area contributed by atoms with Gasteiger partial charge in [0.05, 0.1) is 17.7 Å². The van der Waals surface area contributed by atoms with Gasteiger partial charge in [-0.2, -0.15) is 13.2 Å². The lowest BCUT2D eigenvalue weighted by Gasteiger charge is -2.19. The molecule has 0 saturated carbocycles. The van der Waals surface area contributed by atoms with E-state index in [9.17, 15) is 18.0 Å². The first kappa shape index (κ1) is 23.7. The van der Waals surface area contributed by atoms with Gasteiger partial charge >= 0.3 is 6.18 Å². The molecule has 0 saturated heterocycles. The fourth-order valence-electron chi connectivity index (χ4n) is 3.97. The largest absolute Gasteiger partial charge is 0.497 e. The topological polar surface area (TPSA) is 54.1 Å². The highest BCUT2D eigenvalue weighted by molar-refractivity contribution is 6.31. The zero-order valence-corrected chi connectivity index (χ0v) is 19.0. The third-order valence-corrected chi connectivity index (χ3v) is 6.05. The van der Waals surface area contributed by atoms with Gasteiger partial charge in [0, 0.05) is 36.0 Å². The Kier molecular flexibility index (Phi) is 6.84. The van der Waals surface area contributed by atoms with E-state index in [4.69, 9.17) is 16.3 Å². The maximum absolute atomic E-state index is 13.6. The molecule has 4 rings (SSSR count). The Labute approximate surface area is 199 Å². The van der Waals surface area contributed by atoms with E-state index in [1.807, 2.05) is 36.4 Å². The minimum atomic E-state index is -4.61. The smallest absolute Gasteiger partial charge is 0.417 e. The van der Waals surface area contributed by atoms with Crippen LogP contribution in [0.5, 0.6) is 5.75 Å². The van der Waals surface area contributed by atoms with E-state index < -0.39 is 17.7 Å². The van der Waals surface area contributed by atoms with Crippen LogP contribution in [0, 0.1) is 0 Å². The quantitative estimate of drug-likeness (QED) is 0.306. The summed E-state index contributed by atoms with van der Waals surface area (Å²) in [5, 5.41) is 3.25. The molecule has 0 aliphatic rings. The average Bonchev–Trinajstić information content (AvgIpc) is 3.24. The van der Waals surface area contributed by atoms with Crippen LogP contribution < -0.4 is 10.1 Å². The number of carbonyl (C=O) groups is 1. The molecule has 0 aliphatic carbocycles. The van der Waals surface area contributed by atoms with Crippen molar-refractivity contribution in [1.29, 1.82) is 0 Å². The maximum atomic E-state index is 13.6. The van der Waals surface area contributed by atoms with Gasteiger partial charge in [0.2, 0.25) is 5.91 Å². The van der Waals surface area contributed by atoms with Gasteiger partial charge < -0.3 is 15.0 Å². The SMILES string of the molecule is COc1ccc2[nH]cc(C(CC(=O)NCc3ccccc3)c3ccc(Cl)c(C(F)(F)F)c3)c2c1. The van der Waals surface area contributed by atoms with E-state index in [1.165, 1.54) is 19.2 Å². The summed E-state index contributed by atoms with van der Waals surface area (Å²) in [6.45, 7) is 0.322. The van der Waals surface area contributed by atoms with Crippen LogP contribution in [0.15, 0.2) is 72.9 Å². The van der Waals surface area contributed by atoms with E-state index in [2.05, 4.69) is 10.3 Å². The van der Waals surface area contributed by atoms with Crippen LogP contribution in [0.3, 0.4) is 0 Å². The zero-order valence-electron chi connectivity index (χ0n) is 18.2. The number of hydrogen-bond donors (Lipinski definition) is 2. The number of hydrogen-bond acceptors (Lipinski definition) is 2. The molecule has 3 aromatic carbocycles. The van der Waals surface area contributed by atoms with Crippen LogP contribution in [-0.2, 0) is 17.5 Å². The summed E-state index contributed by atoms with van der Waals surface area (Å²) in [6, 6.07) is 18.6. The molecule has 4 nitrogen and oxygen atoms in total. The molecular formula is C26H22ClF3N2O2. The second-order valence-electron chi connectivity index (χ2n) is 7.91. The number of H-pyrrole nitrogens is 1. The van der Waals surface area contributed by atoms with Gasteiger partial charge in [-0.3, -0.25) is 4.79 Å². The first-order valence-corrected chi connectivity index (χ1v) is 11.0. The first-order chi connectivity index (χ1) is 16.3. The van der Waals surface area contributed by atoms with Crippen LogP contribution in [-0.4, -0.2) is 18.0 Å². The van der Waals surface area contributed by atoms with Gasteiger partial charge in [-0.1, -0.05) is 48.0 Å². The number of methoxy groups -OCH3 is 1. The van der Waals surface area contributed by atoms with Crippen molar-refractivity contribution in [3.05, 3.63) is 100 Å². The third kappa shape index (κ3) is 5.20. The Morgan fingerprint density at radius 2 is 1.85 bits per heavy atom. The maximum Gasteiger partial charge on any atom is 0.417 e. The summed E-state index contributed by atoms with van der Waals surface area (Å²) in [6.07, 6.45) is -2.94. The number of alkyl halides is 3. The zero-order chi connectivity index (χ0) is 24.3. The van der Waals surface area contributed by atoms with Gasteiger partial charge in [0.25, 0.3) is 0 Å². The standard InChI is InChI=1S/C26H22ClF3N2O2/c1-34-18-8-10-24-20(12-18)21(15-31-24)19(13-25(33)32-14-16-5-3-2-4-6-16)17-7-9-23(27)22(11-17)26(28,29)30/h2-12,15,19,31H,13-14H2,1H3,(H,32,33). The summed E-state index contributed by atoms with van der Waals surface area (Å²) in [5.74, 6) is -0.322. The first-order valence-electron chi connectivity index (χ1n) is 10.6. The highest BCUT2D eigenvalue weighted by atomic mass is 35.5. The molecule has 176 valence electrons. The highest BCUT2D eigenvalue weighted by Crippen LogP contribution is 2.40. The molecule has 4 aromatic rings. The predicted octanol–water partition coefficient (Wildman–Crippen LogP) is 6.69. The Hall–Kier alpha value is -3.45. The number of nitrogens with one attached hydrogen (secondary N) is 2. The normalized spacial score (nSPS) is 12.5. The van der Waals surface area contributed by atoms with E-state index >= 15 is 0 Å². The van der Waals surface area contributed by atoms with Gasteiger partial charge in [-0.05, 0) is 47.0 Å². The van der Waals surface area contributed by atoms with Crippen molar-refractivity contribution in [1.82, 2.24) is 10.3 Å². The number of amides is 1. The molecule has 2 N–H and O–H groups in total. The second kappa shape index (κ2) is 9.81. The van der Waals surface area contributed by atoms with E-state index in [1.54, 1.807) is 18.3 Å². The van der Waals surface area contributed by atoms with E-state index in [0.717, 1.165) is 22.5 Å². The minimum Gasteiger partial charge on any atom is -0.497 e. The van der Waals surface area contributed by atoms with E-state index in [0.29, 0.717) is 23.4 Å². The van der Waals surface area contributed by atoms with Crippen LogP contribution in [0.1, 0.15) is 34.6 Å². The molecule has 0 radical (unpaired) electrons. The number of aromatic amines is 1. The molecule has 1 aromatic heterocycles. The Morgan fingerprint density at radius 1 is 1.09 bits per heavy atom. The fourth-order valence-corrected chi connectivity index (χ4v) is 4.20. The summed E-state index contributed by atoms with van der Waals surface area (Å²) in [5.41, 5.74) is 1.82. The fraction of sp³-hybridized carbons (Fsp3) is 0.192. The number of ether oxygens (including phenoxy) is 1. The van der Waals surface area contributed by atoms with Crippen LogP contribution in [0.4, 0.5) is 13.2 Å². The van der Waals surface area contributed by atoms with Crippen molar-refractivity contribution in [3.63, 3.8) is 0 Å². The molecular weight excluding hydrogens is 465 g/mol. The molecule has 1 amide bonds. The van der Waals surface area contributed by atoms with Crippen LogP contribution in [0.25, 0.3) is 10.9 Å². The molecule has 34 heavy (non-hydrogen) atoms. The Morgan fingerprint density at radius 3 is 2.56 bits per heavy atom. The lowest BCUT2D eigenvalue weighted by atomic mass is 9.87. The number of carbonyl (C=O) groups excluding carboxylic acids is 1. The average molecular weight is 487 g/mol. The van der Waals surface area contributed by atoms with Crippen LogP contribution >= 0.6 is 11.6 Å². The lowest BCUT2D eigenvalue weighted by Crippen LogP contribution is -2.25. The minimum absolute atomic E-state index is 0.0457. The van der Waals surface area contributed by atoms with Gasteiger partial charge in [-0.15, -0.1) is 0 Å². The van der Waals surface area contributed by atoms with Crippen molar-refractivity contribution in [3.8, 4) is 5.75 Å². The predicted molar refractivity (Wildman–Crippen MR) is 126 cm³/mol.